The molecule has 4 heteroatoms. The summed E-state index contributed by atoms with van der Waals surface area (Å²) in [7, 11) is 0. The topological polar surface area (TPSA) is 46.3 Å². The summed E-state index contributed by atoms with van der Waals surface area (Å²) >= 11 is 1.83. The normalized spacial score (nSPS) is 33.4. The summed E-state index contributed by atoms with van der Waals surface area (Å²) in [6.07, 6.45) is 4.52. The van der Waals surface area contributed by atoms with Gasteiger partial charge in [-0.25, -0.2) is 0 Å². The number of carbonyl (C=O) groups is 1. The molecule has 2 aliphatic rings. The van der Waals surface area contributed by atoms with Crippen LogP contribution < -0.4 is 5.73 Å². The summed E-state index contributed by atoms with van der Waals surface area (Å²) in [5.74, 6) is 1.48. The summed E-state index contributed by atoms with van der Waals surface area (Å²) in [6, 6.07) is 0.215. The first-order valence-electron chi connectivity index (χ1n) is 5.43. The average Bonchev–Trinajstić information content (AvgIpc) is 2.65. The zero-order chi connectivity index (χ0) is 9.97. The van der Waals surface area contributed by atoms with Crippen LogP contribution in [0.5, 0.6) is 0 Å². The van der Waals surface area contributed by atoms with E-state index in [1.807, 2.05) is 16.7 Å². The molecule has 0 spiro atoms. The maximum atomic E-state index is 12.0. The van der Waals surface area contributed by atoms with Crippen molar-refractivity contribution in [1.29, 1.82) is 0 Å². The number of amides is 1. The Morgan fingerprint density at radius 3 is 2.79 bits per heavy atom. The predicted octanol–water partition coefficient (Wildman–Crippen LogP) is 0.832. The van der Waals surface area contributed by atoms with E-state index in [0.717, 1.165) is 31.7 Å². The van der Waals surface area contributed by atoms with Crippen LogP contribution in [0, 0.1) is 0 Å². The fraction of sp³-hybridized carbons (Fsp3) is 0.900. The Labute approximate surface area is 89.4 Å². The molecule has 2 rings (SSSR count). The number of rotatable bonds is 1. The standard InChI is InChI=1S/C10H18N2OS/c11-8-4-5-12(7-8)10(13)9-3-1-2-6-14-9/h8-9H,1-7,11H2/t8-,9?/m0/s1. The van der Waals surface area contributed by atoms with Crippen LogP contribution in [0.15, 0.2) is 0 Å². The van der Waals surface area contributed by atoms with Gasteiger partial charge in [0.25, 0.3) is 0 Å². The van der Waals surface area contributed by atoms with Gasteiger partial charge in [0, 0.05) is 19.1 Å². The molecule has 3 nitrogen and oxygen atoms in total. The third-order valence-corrected chi connectivity index (χ3v) is 4.36. The molecular weight excluding hydrogens is 196 g/mol. The van der Waals surface area contributed by atoms with Gasteiger partial charge in [0.05, 0.1) is 5.25 Å². The van der Waals surface area contributed by atoms with E-state index in [4.69, 9.17) is 5.73 Å². The Morgan fingerprint density at radius 2 is 2.21 bits per heavy atom. The van der Waals surface area contributed by atoms with E-state index in [9.17, 15) is 4.79 Å². The molecule has 2 saturated heterocycles. The minimum Gasteiger partial charge on any atom is -0.340 e. The fourth-order valence-electron chi connectivity index (χ4n) is 2.13. The van der Waals surface area contributed by atoms with Gasteiger partial charge in [-0.3, -0.25) is 4.79 Å². The molecule has 0 aromatic rings. The molecule has 1 unspecified atom stereocenters. The van der Waals surface area contributed by atoms with Gasteiger partial charge < -0.3 is 10.6 Å². The highest BCUT2D eigenvalue weighted by Gasteiger charge is 2.30. The van der Waals surface area contributed by atoms with Crippen molar-refractivity contribution in [3.05, 3.63) is 0 Å². The van der Waals surface area contributed by atoms with Crippen molar-refractivity contribution in [2.75, 3.05) is 18.8 Å². The Hall–Kier alpha value is -0.220. The number of hydrogen-bond donors (Lipinski definition) is 1. The molecule has 2 N–H and O–H groups in total. The van der Waals surface area contributed by atoms with Crippen molar-refractivity contribution in [3.63, 3.8) is 0 Å². The van der Waals surface area contributed by atoms with Crippen LogP contribution in [0.3, 0.4) is 0 Å². The maximum Gasteiger partial charge on any atom is 0.235 e. The van der Waals surface area contributed by atoms with Gasteiger partial charge in [-0.05, 0) is 25.0 Å². The van der Waals surface area contributed by atoms with Gasteiger partial charge in [-0.15, -0.1) is 11.8 Å². The Balaban J connectivity index is 1.87. The zero-order valence-electron chi connectivity index (χ0n) is 8.45. The van der Waals surface area contributed by atoms with E-state index in [2.05, 4.69) is 0 Å². The Morgan fingerprint density at radius 1 is 1.36 bits per heavy atom. The fourth-order valence-corrected chi connectivity index (χ4v) is 3.41. The lowest BCUT2D eigenvalue weighted by atomic mass is 10.2. The second kappa shape index (κ2) is 4.53. The number of likely N-dealkylation sites (tertiary alicyclic amines) is 1. The molecule has 0 radical (unpaired) electrons. The summed E-state index contributed by atoms with van der Waals surface area (Å²) in [6.45, 7) is 1.65. The van der Waals surface area contributed by atoms with Gasteiger partial charge >= 0.3 is 0 Å². The summed E-state index contributed by atoms with van der Waals surface area (Å²) in [5, 5.41) is 0.231. The van der Waals surface area contributed by atoms with Crippen LogP contribution in [0.4, 0.5) is 0 Å². The number of carbonyl (C=O) groups excluding carboxylic acids is 1. The molecule has 0 aliphatic carbocycles. The van der Waals surface area contributed by atoms with Gasteiger partial charge in [0.2, 0.25) is 5.91 Å². The van der Waals surface area contributed by atoms with Crippen molar-refractivity contribution in [2.45, 2.75) is 37.0 Å². The van der Waals surface area contributed by atoms with Gasteiger partial charge in [0.15, 0.2) is 0 Å². The molecule has 0 saturated carbocycles. The quantitative estimate of drug-likeness (QED) is 0.703. The molecule has 80 valence electrons. The van der Waals surface area contributed by atoms with E-state index in [0.29, 0.717) is 5.91 Å². The van der Waals surface area contributed by atoms with Crippen LogP contribution >= 0.6 is 11.8 Å². The van der Waals surface area contributed by atoms with E-state index >= 15 is 0 Å². The van der Waals surface area contributed by atoms with Crippen LogP contribution in [-0.4, -0.2) is 40.9 Å². The van der Waals surface area contributed by atoms with Crippen LogP contribution in [0.2, 0.25) is 0 Å². The molecule has 0 bridgehead atoms. The van der Waals surface area contributed by atoms with E-state index < -0.39 is 0 Å². The number of nitrogens with two attached hydrogens (primary N) is 1. The molecule has 2 atom stereocenters. The van der Waals surface area contributed by atoms with E-state index in [1.54, 1.807) is 0 Å². The zero-order valence-corrected chi connectivity index (χ0v) is 9.26. The predicted molar refractivity (Wildman–Crippen MR) is 59.3 cm³/mol. The van der Waals surface area contributed by atoms with Crippen molar-refractivity contribution in [3.8, 4) is 0 Å². The number of thioether (sulfide) groups is 1. The van der Waals surface area contributed by atoms with E-state index in [-0.39, 0.29) is 11.3 Å². The summed E-state index contributed by atoms with van der Waals surface area (Å²) in [4.78, 5) is 13.9. The highest BCUT2D eigenvalue weighted by molar-refractivity contribution is 8.00. The second-order valence-corrected chi connectivity index (χ2v) is 5.50. The third-order valence-electron chi connectivity index (χ3n) is 2.99. The molecule has 0 aromatic carbocycles. The second-order valence-electron chi connectivity index (χ2n) is 4.19. The molecule has 2 heterocycles. The molecule has 14 heavy (non-hydrogen) atoms. The molecule has 2 aliphatic heterocycles. The Kier molecular flexibility index (Phi) is 3.34. The van der Waals surface area contributed by atoms with Gasteiger partial charge in [-0.1, -0.05) is 6.42 Å². The monoisotopic (exact) mass is 214 g/mol. The van der Waals surface area contributed by atoms with E-state index in [1.165, 1.54) is 12.8 Å². The molecule has 1 amide bonds. The smallest absolute Gasteiger partial charge is 0.235 e. The maximum absolute atomic E-state index is 12.0. The summed E-state index contributed by atoms with van der Waals surface area (Å²) < 4.78 is 0. The molecular formula is C10H18N2OS. The van der Waals surface area contributed by atoms with Crippen LogP contribution in [-0.2, 0) is 4.79 Å². The Bertz CT molecular complexity index is 209. The lowest BCUT2D eigenvalue weighted by Crippen LogP contribution is -2.38. The first kappa shape index (κ1) is 10.3. The van der Waals surface area contributed by atoms with Gasteiger partial charge in [-0.2, -0.15) is 0 Å². The highest BCUT2D eigenvalue weighted by atomic mass is 32.2. The average molecular weight is 214 g/mol. The third kappa shape index (κ3) is 2.23. The van der Waals surface area contributed by atoms with Crippen molar-refractivity contribution in [2.24, 2.45) is 5.73 Å². The first-order valence-corrected chi connectivity index (χ1v) is 6.48. The van der Waals surface area contributed by atoms with Crippen molar-refractivity contribution in [1.82, 2.24) is 4.90 Å². The first-order chi connectivity index (χ1) is 6.77. The minimum absolute atomic E-state index is 0.215. The van der Waals surface area contributed by atoms with Crippen molar-refractivity contribution >= 4 is 17.7 Å². The molecule has 2 fully saturated rings. The van der Waals surface area contributed by atoms with Crippen molar-refractivity contribution < 1.29 is 4.79 Å². The largest absolute Gasteiger partial charge is 0.340 e. The lowest BCUT2D eigenvalue weighted by Gasteiger charge is -2.25. The molecule has 0 aromatic heterocycles. The lowest BCUT2D eigenvalue weighted by molar-refractivity contribution is -0.129. The highest BCUT2D eigenvalue weighted by Crippen LogP contribution is 2.27. The number of nitrogens with zero attached hydrogens (tertiary/aromatic N) is 1. The summed E-state index contributed by atoms with van der Waals surface area (Å²) in [5.41, 5.74) is 5.79. The van der Waals surface area contributed by atoms with Gasteiger partial charge in [0.1, 0.15) is 0 Å². The van der Waals surface area contributed by atoms with Crippen LogP contribution in [0.25, 0.3) is 0 Å². The number of hydrogen-bond acceptors (Lipinski definition) is 3. The van der Waals surface area contributed by atoms with Crippen LogP contribution in [0.1, 0.15) is 25.7 Å². The SMILES string of the molecule is N[C@H]1CCN(C(=O)C2CCCCS2)C1. The minimum atomic E-state index is 0.215.